The van der Waals surface area contributed by atoms with Crippen LogP contribution in [0.15, 0.2) is 60.8 Å². The number of methoxy groups -OCH3 is 2. The third-order valence-corrected chi connectivity index (χ3v) is 6.51. The second-order valence-corrected chi connectivity index (χ2v) is 9.04. The number of rotatable bonds is 11. The number of anilines is 2. The summed E-state index contributed by atoms with van der Waals surface area (Å²) in [5, 5.41) is 3.54. The molecule has 36 heavy (non-hydrogen) atoms. The van der Waals surface area contributed by atoms with Gasteiger partial charge < -0.3 is 19.5 Å². The highest BCUT2D eigenvalue weighted by Gasteiger charge is 2.23. The van der Waals surface area contributed by atoms with Gasteiger partial charge in [-0.2, -0.15) is 0 Å². The molecule has 0 saturated carbocycles. The van der Waals surface area contributed by atoms with Crippen LogP contribution in [0.25, 0.3) is 0 Å². The number of carbonyl (C=O) groups excluding carboxylic acids is 1. The first kappa shape index (κ1) is 25.5. The molecule has 1 N–H and O–H groups in total. The average Bonchev–Trinajstić information content (AvgIpc) is 2.92. The number of hydrogen-bond donors (Lipinski definition) is 1. The van der Waals surface area contributed by atoms with E-state index in [9.17, 15) is 4.79 Å². The number of fused-ring (bicyclic) bond motifs is 1. The molecule has 0 radical (unpaired) electrons. The van der Waals surface area contributed by atoms with Gasteiger partial charge in [0.05, 0.1) is 20.8 Å². The van der Waals surface area contributed by atoms with Crippen molar-refractivity contribution >= 4 is 17.4 Å². The van der Waals surface area contributed by atoms with Crippen molar-refractivity contribution in [2.45, 2.75) is 38.7 Å². The molecule has 4 rings (SSSR count). The molecule has 0 fully saturated rings. The number of nitrogens with zero attached hydrogens (tertiary/aromatic N) is 2. The topological polar surface area (TPSA) is 72.9 Å². The zero-order chi connectivity index (χ0) is 25.3. The Morgan fingerprint density at radius 2 is 1.81 bits per heavy atom. The van der Waals surface area contributed by atoms with Crippen LogP contribution in [-0.4, -0.2) is 44.8 Å². The molecular weight excluding hydrogens is 454 g/mol. The smallest absolute Gasteiger partial charge is 0.225 e. The number of nitrogens with one attached hydrogen (secondary N) is 1. The third kappa shape index (κ3) is 6.55. The zero-order valence-corrected chi connectivity index (χ0v) is 21.3. The minimum atomic E-state index is -0.00943. The standard InChI is InChI=1S/C29H35N3O4/c1-21(33)32(11-7-8-12-36-20-22-9-5-4-6-10-22)29-17-28-25(19-31-29)13-24(18-30-28)23-14-26(34-2)16-27(15-23)35-3/h4-6,9-10,14-17,19,24,30H,7-8,11-13,18,20H2,1-3H3. The van der Waals surface area contributed by atoms with Crippen molar-refractivity contribution < 1.29 is 19.0 Å². The van der Waals surface area contributed by atoms with E-state index in [1.807, 2.05) is 36.5 Å². The second-order valence-electron chi connectivity index (χ2n) is 9.04. The van der Waals surface area contributed by atoms with Crippen LogP contribution in [0.1, 0.15) is 42.4 Å². The van der Waals surface area contributed by atoms with Crippen molar-refractivity contribution in [1.82, 2.24) is 4.98 Å². The molecule has 1 aliphatic rings. The van der Waals surface area contributed by atoms with Crippen molar-refractivity contribution in [3.05, 3.63) is 77.5 Å². The molecule has 7 nitrogen and oxygen atoms in total. The molecule has 1 unspecified atom stereocenters. The maximum Gasteiger partial charge on any atom is 0.225 e. The van der Waals surface area contributed by atoms with Gasteiger partial charge in [0, 0.05) is 56.6 Å². The highest BCUT2D eigenvalue weighted by atomic mass is 16.5. The number of unbranched alkanes of at least 4 members (excludes halogenated alkanes) is 1. The Morgan fingerprint density at radius 3 is 2.50 bits per heavy atom. The maximum atomic E-state index is 12.4. The van der Waals surface area contributed by atoms with Gasteiger partial charge in [-0.25, -0.2) is 4.98 Å². The number of benzene rings is 2. The molecule has 1 aromatic heterocycles. The van der Waals surface area contributed by atoms with Crippen LogP contribution in [0, 0.1) is 0 Å². The summed E-state index contributed by atoms with van der Waals surface area (Å²) in [5.74, 6) is 2.51. The summed E-state index contributed by atoms with van der Waals surface area (Å²) in [6.45, 7) is 4.26. The number of amides is 1. The van der Waals surface area contributed by atoms with Crippen LogP contribution in [0.5, 0.6) is 11.5 Å². The van der Waals surface area contributed by atoms with Crippen LogP contribution < -0.4 is 19.7 Å². The average molecular weight is 490 g/mol. The summed E-state index contributed by atoms with van der Waals surface area (Å²) in [4.78, 5) is 18.8. The molecule has 3 aromatic rings. The summed E-state index contributed by atoms with van der Waals surface area (Å²) in [5.41, 5.74) is 4.49. The van der Waals surface area contributed by atoms with Gasteiger partial charge in [0.25, 0.3) is 0 Å². The number of carbonyl (C=O) groups is 1. The SMILES string of the molecule is COc1cc(OC)cc(C2CNc3cc(N(CCCCOCc4ccccc4)C(C)=O)ncc3C2)c1. The Hall–Kier alpha value is -3.58. The predicted molar refractivity (Wildman–Crippen MR) is 142 cm³/mol. The summed E-state index contributed by atoms with van der Waals surface area (Å²) in [7, 11) is 3.33. The van der Waals surface area contributed by atoms with Crippen molar-refractivity contribution in [2.75, 3.05) is 44.1 Å². The van der Waals surface area contributed by atoms with Crippen molar-refractivity contribution in [1.29, 1.82) is 0 Å². The van der Waals surface area contributed by atoms with Gasteiger partial charge in [-0.1, -0.05) is 30.3 Å². The largest absolute Gasteiger partial charge is 0.497 e. The van der Waals surface area contributed by atoms with Crippen molar-refractivity contribution in [3.8, 4) is 11.5 Å². The van der Waals surface area contributed by atoms with Crippen LogP contribution in [-0.2, 0) is 22.6 Å². The van der Waals surface area contributed by atoms with Gasteiger partial charge in [-0.05, 0) is 48.1 Å². The summed E-state index contributed by atoms with van der Waals surface area (Å²) in [6.07, 6.45) is 4.47. The van der Waals surface area contributed by atoms with E-state index in [4.69, 9.17) is 14.2 Å². The Balaban J connectivity index is 1.34. The minimum Gasteiger partial charge on any atom is -0.497 e. The van der Waals surface area contributed by atoms with Crippen LogP contribution in [0.4, 0.5) is 11.5 Å². The van der Waals surface area contributed by atoms with E-state index >= 15 is 0 Å². The van der Waals surface area contributed by atoms with E-state index in [-0.39, 0.29) is 11.8 Å². The molecule has 7 heteroatoms. The third-order valence-electron chi connectivity index (χ3n) is 6.51. The molecule has 2 aromatic carbocycles. The summed E-state index contributed by atoms with van der Waals surface area (Å²) >= 11 is 0. The fourth-order valence-electron chi connectivity index (χ4n) is 4.49. The van der Waals surface area contributed by atoms with Gasteiger partial charge in [0.15, 0.2) is 0 Å². The highest BCUT2D eigenvalue weighted by Crippen LogP contribution is 2.35. The minimum absolute atomic E-state index is 0.00943. The monoisotopic (exact) mass is 489 g/mol. The predicted octanol–water partition coefficient (Wildman–Crippen LogP) is 5.20. The first-order valence-electron chi connectivity index (χ1n) is 12.4. The molecular formula is C29H35N3O4. The van der Waals surface area contributed by atoms with E-state index in [0.29, 0.717) is 25.6 Å². The van der Waals surface area contributed by atoms with E-state index in [2.05, 4.69) is 34.6 Å². The summed E-state index contributed by atoms with van der Waals surface area (Å²) in [6, 6.07) is 18.1. The van der Waals surface area contributed by atoms with Gasteiger partial charge in [-0.3, -0.25) is 9.69 Å². The quantitative estimate of drug-likeness (QED) is 0.373. The lowest BCUT2D eigenvalue weighted by Crippen LogP contribution is -2.31. The molecule has 190 valence electrons. The fourth-order valence-corrected chi connectivity index (χ4v) is 4.49. The normalized spacial score (nSPS) is 14.5. The van der Waals surface area contributed by atoms with Crippen molar-refractivity contribution in [3.63, 3.8) is 0 Å². The van der Waals surface area contributed by atoms with E-state index < -0.39 is 0 Å². The number of ether oxygens (including phenoxy) is 3. The number of hydrogen-bond acceptors (Lipinski definition) is 6. The first-order chi connectivity index (χ1) is 17.6. The molecule has 1 aliphatic heterocycles. The molecule has 0 spiro atoms. The van der Waals surface area contributed by atoms with Gasteiger partial charge in [0.1, 0.15) is 17.3 Å². The number of aromatic nitrogens is 1. The molecule has 2 heterocycles. The van der Waals surface area contributed by atoms with Gasteiger partial charge in [0.2, 0.25) is 5.91 Å². The first-order valence-corrected chi connectivity index (χ1v) is 12.4. The Labute approximate surface area is 213 Å². The lowest BCUT2D eigenvalue weighted by molar-refractivity contribution is -0.116. The summed E-state index contributed by atoms with van der Waals surface area (Å²) < 4.78 is 16.6. The zero-order valence-electron chi connectivity index (χ0n) is 21.3. The lowest BCUT2D eigenvalue weighted by Gasteiger charge is -2.28. The van der Waals surface area contributed by atoms with Gasteiger partial charge >= 0.3 is 0 Å². The van der Waals surface area contributed by atoms with Crippen LogP contribution in [0.3, 0.4) is 0 Å². The number of pyridine rings is 1. The molecule has 1 atom stereocenters. The Kier molecular flexibility index (Phi) is 8.79. The second kappa shape index (κ2) is 12.4. The molecule has 0 saturated heterocycles. The van der Waals surface area contributed by atoms with E-state index in [1.165, 1.54) is 5.56 Å². The Morgan fingerprint density at radius 1 is 1.06 bits per heavy atom. The van der Waals surface area contributed by atoms with Crippen molar-refractivity contribution in [2.24, 2.45) is 0 Å². The Bertz CT molecular complexity index is 1130. The van der Waals surface area contributed by atoms with Crippen LogP contribution in [0.2, 0.25) is 0 Å². The molecule has 0 aliphatic carbocycles. The maximum absolute atomic E-state index is 12.4. The molecule has 1 amide bonds. The van der Waals surface area contributed by atoms with Gasteiger partial charge in [-0.15, -0.1) is 0 Å². The molecule has 0 bridgehead atoms. The van der Waals surface area contributed by atoms with E-state index in [1.54, 1.807) is 26.0 Å². The van der Waals surface area contributed by atoms with E-state index in [0.717, 1.165) is 54.1 Å². The lowest BCUT2D eigenvalue weighted by atomic mass is 9.88. The fraction of sp³-hybridized carbons (Fsp3) is 0.379. The highest BCUT2D eigenvalue weighted by molar-refractivity contribution is 5.91. The van der Waals surface area contributed by atoms with Crippen LogP contribution >= 0.6 is 0 Å².